The van der Waals surface area contributed by atoms with Crippen molar-refractivity contribution in [1.29, 1.82) is 0 Å². The highest BCUT2D eigenvalue weighted by Gasteiger charge is 2.28. The number of aromatic nitrogens is 1. The summed E-state index contributed by atoms with van der Waals surface area (Å²) in [6.45, 7) is 8.97. The highest BCUT2D eigenvalue weighted by atomic mass is 19.1. The van der Waals surface area contributed by atoms with E-state index >= 15 is 0 Å². The van der Waals surface area contributed by atoms with Gasteiger partial charge < -0.3 is 18.9 Å². The molecule has 34 heavy (non-hydrogen) atoms. The number of Topliss-reactive ketones (excluding diaryl/α,β-unsaturated/α-hetero) is 1. The maximum atomic E-state index is 13.4. The summed E-state index contributed by atoms with van der Waals surface area (Å²) >= 11 is 0. The minimum absolute atomic E-state index is 0.158. The third-order valence-corrected chi connectivity index (χ3v) is 6.18. The van der Waals surface area contributed by atoms with Gasteiger partial charge in [-0.15, -0.1) is 0 Å². The average Bonchev–Trinajstić information content (AvgIpc) is 3.05. The van der Waals surface area contributed by atoms with Crippen LogP contribution in [0.4, 0.5) is 4.39 Å². The van der Waals surface area contributed by atoms with Crippen molar-refractivity contribution in [3.8, 4) is 0 Å². The minimum Gasteiger partial charge on any atom is -0.461 e. The number of hydrogen-bond acceptors (Lipinski definition) is 6. The highest BCUT2D eigenvalue weighted by molar-refractivity contribution is 6.06. The first-order valence-corrected chi connectivity index (χ1v) is 11.5. The lowest BCUT2D eigenvalue weighted by atomic mass is 10.0. The van der Waals surface area contributed by atoms with Gasteiger partial charge in [-0.2, -0.15) is 0 Å². The summed E-state index contributed by atoms with van der Waals surface area (Å²) in [4.78, 5) is 42.8. The third-order valence-electron chi connectivity index (χ3n) is 6.18. The first kappa shape index (κ1) is 25.6. The number of carbonyl (C=O) groups excluding carboxylic acids is 3. The van der Waals surface area contributed by atoms with E-state index in [9.17, 15) is 18.8 Å². The quantitative estimate of drug-likeness (QED) is 0.412. The van der Waals surface area contributed by atoms with Crippen LogP contribution in [0.2, 0.25) is 0 Å². The number of carbonyl (C=O) groups is 3. The zero-order chi connectivity index (χ0) is 24.8. The molecule has 0 atom stereocenters. The normalized spacial score (nSPS) is 14.1. The molecule has 0 aliphatic carbocycles. The lowest BCUT2D eigenvalue weighted by Crippen LogP contribution is -2.44. The molecule has 0 radical (unpaired) electrons. The van der Waals surface area contributed by atoms with Crippen molar-refractivity contribution >= 4 is 17.7 Å². The summed E-state index contributed by atoms with van der Waals surface area (Å²) in [6.07, 6.45) is 0. The number of benzene rings is 1. The van der Waals surface area contributed by atoms with Crippen LogP contribution >= 0.6 is 0 Å². The number of nitrogens with zero attached hydrogens (tertiary/aromatic N) is 3. The maximum absolute atomic E-state index is 13.4. The maximum Gasteiger partial charge on any atom is 0.355 e. The lowest BCUT2D eigenvalue weighted by Gasteiger charge is -2.30. The molecule has 0 N–H and O–H groups in total. The van der Waals surface area contributed by atoms with Gasteiger partial charge >= 0.3 is 5.97 Å². The molecule has 1 aliphatic heterocycles. The SMILES string of the molecule is CCOC(=O)c1c(C)c(C(=O)CN(CCN2CCOCC2)C(=O)c2ccc(F)cc2)c(C)n1C. The van der Waals surface area contributed by atoms with Crippen molar-refractivity contribution in [2.24, 2.45) is 7.05 Å². The van der Waals surface area contributed by atoms with E-state index in [2.05, 4.69) is 4.90 Å². The van der Waals surface area contributed by atoms with Crippen LogP contribution in [0, 0.1) is 19.7 Å². The molecular formula is C25H32FN3O5. The van der Waals surface area contributed by atoms with Crippen LogP contribution in [0.3, 0.4) is 0 Å². The molecule has 1 aromatic carbocycles. The molecule has 1 amide bonds. The van der Waals surface area contributed by atoms with E-state index in [0.717, 1.165) is 13.1 Å². The molecule has 8 nitrogen and oxygen atoms in total. The van der Waals surface area contributed by atoms with Gasteiger partial charge in [0, 0.05) is 50.0 Å². The van der Waals surface area contributed by atoms with Gasteiger partial charge in [0.05, 0.1) is 26.4 Å². The first-order chi connectivity index (χ1) is 16.2. The zero-order valence-electron chi connectivity index (χ0n) is 20.2. The van der Waals surface area contributed by atoms with Gasteiger partial charge in [-0.25, -0.2) is 9.18 Å². The number of esters is 1. The van der Waals surface area contributed by atoms with E-state index in [0.29, 0.717) is 54.4 Å². The molecule has 184 valence electrons. The van der Waals surface area contributed by atoms with Gasteiger partial charge in [-0.1, -0.05) is 0 Å². The fourth-order valence-corrected chi connectivity index (χ4v) is 4.24. The van der Waals surface area contributed by atoms with Crippen LogP contribution in [0.25, 0.3) is 0 Å². The van der Waals surface area contributed by atoms with E-state index in [4.69, 9.17) is 9.47 Å². The van der Waals surface area contributed by atoms with E-state index in [1.807, 2.05) is 0 Å². The van der Waals surface area contributed by atoms with Crippen LogP contribution in [0.1, 0.15) is 49.4 Å². The molecule has 2 aromatic rings. The van der Waals surface area contributed by atoms with Gasteiger partial charge in [0.15, 0.2) is 5.78 Å². The molecular weight excluding hydrogens is 441 g/mol. The number of morpholine rings is 1. The zero-order valence-corrected chi connectivity index (χ0v) is 20.2. The topological polar surface area (TPSA) is 81.1 Å². The molecule has 0 bridgehead atoms. The Bertz CT molecular complexity index is 1040. The third kappa shape index (κ3) is 5.71. The van der Waals surface area contributed by atoms with Gasteiger partial charge in [0.1, 0.15) is 11.5 Å². The van der Waals surface area contributed by atoms with Crippen LogP contribution < -0.4 is 0 Å². The van der Waals surface area contributed by atoms with Crippen molar-refractivity contribution in [2.45, 2.75) is 20.8 Å². The molecule has 1 saturated heterocycles. The Morgan fingerprint density at radius 1 is 1.12 bits per heavy atom. The predicted molar refractivity (Wildman–Crippen MR) is 125 cm³/mol. The summed E-state index contributed by atoms with van der Waals surface area (Å²) in [5.41, 5.74) is 2.21. The standard InChI is InChI=1S/C25H32FN3O5/c1-5-34-25(32)23-17(2)22(18(3)27(23)4)21(30)16-29(11-10-28-12-14-33-15-13-28)24(31)19-6-8-20(26)9-7-19/h6-9H,5,10-16H2,1-4H3. The molecule has 0 spiro atoms. The van der Waals surface area contributed by atoms with Crippen LogP contribution in [0.15, 0.2) is 24.3 Å². The van der Waals surface area contributed by atoms with Crippen LogP contribution in [0.5, 0.6) is 0 Å². The second kappa shape index (κ2) is 11.4. The van der Waals surface area contributed by atoms with E-state index in [1.165, 1.54) is 29.2 Å². The molecule has 9 heteroatoms. The van der Waals surface area contributed by atoms with E-state index in [1.54, 1.807) is 32.4 Å². The van der Waals surface area contributed by atoms with E-state index < -0.39 is 11.8 Å². The van der Waals surface area contributed by atoms with Gasteiger partial charge in [-0.05, 0) is 50.6 Å². The Labute approximate surface area is 199 Å². The Morgan fingerprint density at radius 2 is 1.76 bits per heavy atom. The van der Waals surface area contributed by atoms with Crippen molar-refractivity contribution in [1.82, 2.24) is 14.4 Å². The van der Waals surface area contributed by atoms with Gasteiger partial charge in [0.25, 0.3) is 5.91 Å². The predicted octanol–water partition coefficient (Wildman–Crippen LogP) is 2.62. The molecule has 1 fully saturated rings. The Hall–Kier alpha value is -3.04. The summed E-state index contributed by atoms with van der Waals surface area (Å²) in [5.74, 6) is -1.54. The summed E-state index contributed by atoms with van der Waals surface area (Å²) in [7, 11) is 1.71. The van der Waals surface area contributed by atoms with Crippen molar-refractivity contribution < 1.29 is 28.2 Å². The Balaban J connectivity index is 1.85. The second-order valence-electron chi connectivity index (χ2n) is 8.32. The number of amides is 1. The van der Waals surface area contributed by atoms with Crippen molar-refractivity contribution in [3.63, 3.8) is 0 Å². The summed E-state index contributed by atoms with van der Waals surface area (Å²) in [6, 6.07) is 5.29. The average molecular weight is 474 g/mol. The number of halogens is 1. The minimum atomic E-state index is -0.490. The smallest absolute Gasteiger partial charge is 0.355 e. The largest absolute Gasteiger partial charge is 0.461 e. The van der Waals surface area contributed by atoms with E-state index in [-0.39, 0.29) is 24.8 Å². The highest BCUT2D eigenvalue weighted by Crippen LogP contribution is 2.23. The molecule has 2 heterocycles. The van der Waals surface area contributed by atoms with Crippen LogP contribution in [-0.2, 0) is 16.5 Å². The molecule has 0 saturated carbocycles. The van der Waals surface area contributed by atoms with Crippen molar-refractivity contribution in [3.05, 3.63) is 58.2 Å². The molecule has 3 rings (SSSR count). The lowest BCUT2D eigenvalue weighted by molar-refractivity contribution is 0.0323. The number of ether oxygens (including phenoxy) is 2. The fourth-order valence-electron chi connectivity index (χ4n) is 4.24. The second-order valence-corrected chi connectivity index (χ2v) is 8.32. The summed E-state index contributed by atoms with van der Waals surface area (Å²) in [5, 5.41) is 0. The molecule has 1 aromatic heterocycles. The summed E-state index contributed by atoms with van der Waals surface area (Å²) < 4.78 is 25.6. The first-order valence-electron chi connectivity index (χ1n) is 11.5. The number of ketones is 1. The Kier molecular flexibility index (Phi) is 8.57. The molecule has 1 aliphatic rings. The van der Waals surface area contributed by atoms with Crippen LogP contribution in [-0.4, -0.2) is 84.6 Å². The monoisotopic (exact) mass is 473 g/mol. The number of rotatable bonds is 9. The fraction of sp³-hybridized carbons (Fsp3) is 0.480. The van der Waals surface area contributed by atoms with Crippen molar-refractivity contribution in [2.75, 3.05) is 52.5 Å². The molecule has 0 unspecified atom stereocenters. The Morgan fingerprint density at radius 3 is 2.38 bits per heavy atom. The van der Waals surface area contributed by atoms with Gasteiger partial charge in [0.2, 0.25) is 0 Å². The number of hydrogen-bond donors (Lipinski definition) is 0. The van der Waals surface area contributed by atoms with Gasteiger partial charge in [-0.3, -0.25) is 14.5 Å².